The molecule has 0 spiro atoms. The van der Waals surface area contributed by atoms with Gasteiger partial charge in [0.25, 0.3) is 0 Å². The van der Waals surface area contributed by atoms with E-state index in [1.807, 2.05) is 6.07 Å². The number of halogens is 2. The van der Waals surface area contributed by atoms with Gasteiger partial charge in [-0.05, 0) is 48.4 Å². The molecule has 1 aromatic rings. The zero-order valence-electron chi connectivity index (χ0n) is 9.59. The lowest BCUT2D eigenvalue weighted by molar-refractivity contribution is 0.414. The fourth-order valence-electron chi connectivity index (χ4n) is 2.28. The zero-order chi connectivity index (χ0) is 11.7. The van der Waals surface area contributed by atoms with Crippen molar-refractivity contribution >= 4 is 27.5 Å². The van der Waals surface area contributed by atoms with Crippen LogP contribution in [0.3, 0.4) is 0 Å². The predicted octanol–water partition coefficient (Wildman–Crippen LogP) is 4.76. The van der Waals surface area contributed by atoms with Gasteiger partial charge in [-0.25, -0.2) is 0 Å². The fourth-order valence-corrected chi connectivity index (χ4v) is 3.64. The second kappa shape index (κ2) is 4.97. The topological polar surface area (TPSA) is 9.23 Å². The predicted molar refractivity (Wildman–Crippen MR) is 71.8 cm³/mol. The van der Waals surface area contributed by atoms with Gasteiger partial charge < -0.3 is 4.74 Å². The summed E-state index contributed by atoms with van der Waals surface area (Å²) in [5.74, 6) is 1.58. The number of fused-ring (bicyclic) bond motifs is 1. The summed E-state index contributed by atoms with van der Waals surface area (Å²) in [7, 11) is 1.68. The summed E-state index contributed by atoms with van der Waals surface area (Å²) in [6.45, 7) is 2.30. The quantitative estimate of drug-likeness (QED) is 0.537. The van der Waals surface area contributed by atoms with E-state index in [4.69, 9.17) is 16.3 Å². The molecule has 0 amide bonds. The molecule has 0 bridgehead atoms. The Hall–Kier alpha value is -0.210. The van der Waals surface area contributed by atoms with Crippen molar-refractivity contribution in [2.45, 2.75) is 31.0 Å². The minimum absolute atomic E-state index is 0.396. The summed E-state index contributed by atoms with van der Waals surface area (Å²) in [6.07, 6.45) is 3.44. The number of methoxy groups -OCH3 is 1. The minimum Gasteiger partial charge on any atom is -0.497 e. The first-order valence-electron chi connectivity index (χ1n) is 5.62. The molecule has 3 heteroatoms. The maximum atomic E-state index is 6.31. The van der Waals surface area contributed by atoms with Gasteiger partial charge in [0, 0.05) is 9.85 Å². The summed E-state index contributed by atoms with van der Waals surface area (Å²) in [5.41, 5.74) is 2.59. The van der Waals surface area contributed by atoms with E-state index in [0.717, 1.165) is 29.5 Å². The van der Waals surface area contributed by atoms with E-state index in [2.05, 4.69) is 28.9 Å². The molecule has 2 rings (SSSR count). The van der Waals surface area contributed by atoms with E-state index in [1.54, 1.807) is 7.11 Å². The summed E-state index contributed by atoms with van der Waals surface area (Å²) in [6, 6.07) is 4.02. The van der Waals surface area contributed by atoms with Crippen LogP contribution in [0.2, 0.25) is 5.02 Å². The van der Waals surface area contributed by atoms with Crippen LogP contribution in [-0.4, -0.2) is 7.11 Å². The first-order valence-corrected chi connectivity index (χ1v) is 6.91. The fraction of sp³-hybridized carbons (Fsp3) is 0.538. The van der Waals surface area contributed by atoms with Crippen molar-refractivity contribution in [1.29, 1.82) is 0 Å². The van der Waals surface area contributed by atoms with E-state index in [9.17, 15) is 0 Å². The highest BCUT2D eigenvalue weighted by Gasteiger charge is 2.22. The molecule has 1 aliphatic carbocycles. The van der Waals surface area contributed by atoms with Crippen LogP contribution >= 0.6 is 27.5 Å². The number of hydrogen-bond donors (Lipinski definition) is 0. The molecule has 0 fully saturated rings. The largest absolute Gasteiger partial charge is 0.497 e. The monoisotopic (exact) mass is 302 g/mol. The Balaban J connectivity index is 2.47. The minimum atomic E-state index is 0.396. The maximum Gasteiger partial charge on any atom is 0.120 e. The molecule has 16 heavy (non-hydrogen) atoms. The van der Waals surface area contributed by atoms with Crippen LogP contribution in [0, 0.1) is 5.92 Å². The molecular weight excluding hydrogens is 287 g/mol. The van der Waals surface area contributed by atoms with Gasteiger partial charge in [0.15, 0.2) is 0 Å². The SMILES string of the molecule is COc1cc(Cl)c2c(c1)C(Br)CC(C)CC2. The molecule has 2 atom stereocenters. The van der Waals surface area contributed by atoms with Gasteiger partial charge in [0.2, 0.25) is 0 Å². The normalized spacial score (nSPS) is 24.8. The van der Waals surface area contributed by atoms with Crippen molar-refractivity contribution in [1.82, 2.24) is 0 Å². The average molecular weight is 304 g/mol. The lowest BCUT2D eigenvalue weighted by atomic mass is 10.0. The van der Waals surface area contributed by atoms with Crippen LogP contribution in [0.5, 0.6) is 5.75 Å². The van der Waals surface area contributed by atoms with Gasteiger partial charge in [-0.1, -0.05) is 34.5 Å². The van der Waals surface area contributed by atoms with Crippen molar-refractivity contribution in [2.75, 3.05) is 7.11 Å². The van der Waals surface area contributed by atoms with Crippen molar-refractivity contribution in [3.63, 3.8) is 0 Å². The number of rotatable bonds is 1. The number of ether oxygens (including phenoxy) is 1. The molecule has 0 radical (unpaired) electrons. The van der Waals surface area contributed by atoms with E-state index in [1.165, 1.54) is 17.5 Å². The molecule has 0 heterocycles. The molecule has 1 aromatic carbocycles. The van der Waals surface area contributed by atoms with Crippen LogP contribution in [0.1, 0.15) is 35.7 Å². The van der Waals surface area contributed by atoms with Gasteiger partial charge in [0.05, 0.1) is 7.11 Å². The third-order valence-corrected chi connectivity index (χ3v) is 4.48. The Morgan fingerprint density at radius 1 is 1.44 bits per heavy atom. The van der Waals surface area contributed by atoms with Crippen molar-refractivity contribution < 1.29 is 4.74 Å². The van der Waals surface area contributed by atoms with E-state index < -0.39 is 0 Å². The van der Waals surface area contributed by atoms with Gasteiger partial charge >= 0.3 is 0 Å². The third kappa shape index (κ3) is 2.38. The molecule has 1 nitrogen and oxygen atoms in total. The Labute approximate surface area is 110 Å². The number of benzene rings is 1. The summed E-state index contributed by atoms with van der Waals surface area (Å²) in [4.78, 5) is 0.396. The van der Waals surface area contributed by atoms with Gasteiger partial charge in [-0.3, -0.25) is 0 Å². The summed E-state index contributed by atoms with van der Waals surface area (Å²) >= 11 is 10.1. The molecule has 0 aromatic heterocycles. The smallest absolute Gasteiger partial charge is 0.120 e. The standard InChI is InChI=1S/C13H16BrClO/c1-8-3-4-10-11(12(14)5-8)6-9(16-2)7-13(10)15/h6-8,12H,3-5H2,1-2H3. The van der Waals surface area contributed by atoms with E-state index in [-0.39, 0.29) is 0 Å². The molecule has 0 N–H and O–H groups in total. The Morgan fingerprint density at radius 3 is 2.88 bits per heavy atom. The zero-order valence-corrected chi connectivity index (χ0v) is 11.9. The summed E-state index contributed by atoms with van der Waals surface area (Å²) in [5, 5.41) is 0.841. The van der Waals surface area contributed by atoms with Crippen molar-refractivity contribution in [2.24, 2.45) is 5.92 Å². The van der Waals surface area contributed by atoms with Crippen molar-refractivity contribution in [3.05, 3.63) is 28.3 Å². The van der Waals surface area contributed by atoms with E-state index >= 15 is 0 Å². The van der Waals surface area contributed by atoms with Crippen molar-refractivity contribution in [3.8, 4) is 5.75 Å². The summed E-state index contributed by atoms with van der Waals surface area (Å²) < 4.78 is 5.27. The molecule has 0 aliphatic heterocycles. The molecular formula is C13H16BrClO. The Bertz CT molecular complexity index is 392. The molecule has 0 saturated carbocycles. The lowest BCUT2D eigenvalue weighted by Crippen LogP contribution is -1.97. The van der Waals surface area contributed by atoms with Crippen LogP contribution in [0.25, 0.3) is 0 Å². The highest BCUT2D eigenvalue weighted by Crippen LogP contribution is 2.41. The number of alkyl halides is 1. The highest BCUT2D eigenvalue weighted by molar-refractivity contribution is 9.09. The van der Waals surface area contributed by atoms with Crippen LogP contribution < -0.4 is 4.74 Å². The number of hydrogen-bond acceptors (Lipinski definition) is 1. The first kappa shape index (κ1) is 12.3. The van der Waals surface area contributed by atoms with Gasteiger partial charge in [-0.15, -0.1) is 0 Å². The first-order chi connectivity index (χ1) is 7.61. The highest BCUT2D eigenvalue weighted by atomic mass is 79.9. The maximum absolute atomic E-state index is 6.31. The second-order valence-electron chi connectivity index (χ2n) is 4.52. The molecule has 1 aliphatic rings. The Morgan fingerprint density at radius 2 is 2.19 bits per heavy atom. The van der Waals surface area contributed by atoms with Gasteiger partial charge in [0.1, 0.15) is 5.75 Å². The Kier molecular flexibility index (Phi) is 3.81. The lowest BCUT2D eigenvalue weighted by Gasteiger charge is -2.15. The second-order valence-corrected chi connectivity index (χ2v) is 6.04. The molecule has 0 saturated heterocycles. The van der Waals surface area contributed by atoms with Gasteiger partial charge in [-0.2, -0.15) is 0 Å². The van der Waals surface area contributed by atoms with Crippen LogP contribution in [-0.2, 0) is 6.42 Å². The average Bonchev–Trinajstić information content (AvgIpc) is 2.39. The van der Waals surface area contributed by atoms with Crippen LogP contribution in [0.15, 0.2) is 12.1 Å². The van der Waals surface area contributed by atoms with Crippen LogP contribution in [0.4, 0.5) is 0 Å². The molecule has 88 valence electrons. The molecule has 2 unspecified atom stereocenters. The van der Waals surface area contributed by atoms with E-state index in [0.29, 0.717) is 4.83 Å². The third-order valence-electron chi connectivity index (χ3n) is 3.27.